The molecule has 1 N–H and O–H groups in total. The van der Waals surface area contributed by atoms with Gasteiger partial charge in [0.1, 0.15) is 0 Å². The van der Waals surface area contributed by atoms with Gasteiger partial charge in [-0.25, -0.2) is 0 Å². The Hall–Kier alpha value is -1.58. The lowest BCUT2D eigenvalue weighted by atomic mass is 10.1. The molecule has 19 heavy (non-hydrogen) atoms. The van der Waals surface area contributed by atoms with Crippen LogP contribution >= 0.6 is 23.8 Å². The highest BCUT2D eigenvalue weighted by molar-refractivity contribution is 7.71. The molecule has 0 spiro atoms. The summed E-state index contributed by atoms with van der Waals surface area (Å²) >= 11 is 11.4. The van der Waals surface area contributed by atoms with Crippen molar-refractivity contribution in [1.29, 1.82) is 0 Å². The number of aromatic amines is 1. The Morgan fingerprint density at radius 1 is 1.16 bits per heavy atom. The zero-order valence-corrected chi connectivity index (χ0v) is 12.1. The van der Waals surface area contributed by atoms with Gasteiger partial charge < -0.3 is 9.55 Å². The van der Waals surface area contributed by atoms with E-state index in [-0.39, 0.29) is 0 Å². The molecule has 0 radical (unpaired) electrons. The summed E-state index contributed by atoms with van der Waals surface area (Å²) < 4.78 is 2.81. The summed E-state index contributed by atoms with van der Waals surface area (Å²) in [7, 11) is 0. The number of rotatable bonds is 2. The Balaban J connectivity index is 2.07. The predicted molar refractivity (Wildman–Crippen MR) is 82.4 cm³/mol. The zero-order chi connectivity index (χ0) is 13.4. The van der Waals surface area contributed by atoms with Crippen LogP contribution in [-0.2, 0) is 6.54 Å². The van der Waals surface area contributed by atoms with Crippen LogP contribution in [0.5, 0.6) is 0 Å². The molecule has 1 aromatic heterocycles. The van der Waals surface area contributed by atoms with E-state index in [1.807, 2.05) is 18.2 Å². The topological polar surface area (TPSA) is 20.7 Å². The van der Waals surface area contributed by atoms with Crippen LogP contribution in [-0.4, -0.2) is 9.55 Å². The van der Waals surface area contributed by atoms with Crippen LogP contribution in [0.1, 0.15) is 11.1 Å². The molecule has 2 aromatic carbocycles. The van der Waals surface area contributed by atoms with Crippen LogP contribution in [0.3, 0.4) is 0 Å². The van der Waals surface area contributed by atoms with E-state index in [1.54, 1.807) is 0 Å². The number of nitrogens with one attached hydrogen (secondary N) is 1. The first-order valence-corrected chi connectivity index (χ1v) is 6.86. The number of aromatic nitrogens is 2. The van der Waals surface area contributed by atoms with Gasteiger partial charge in [-0.05, 0) is 42.9 Å². The maximum Gasteiger partial charge on any atom is 0.178 e. The second-order valence-electron chi connectivity index (χ2n) is 4.66. The highest BCUT2D eigenvalue weighted by Gasteiger charge is 2.05. The van der Waals surface area contributed by atoms with E-state index < -0.39 is 0 Å². The van der Waals surface area contributed by atoms with E-state index in [9.17, 15) is 0 Å². The first-order chi connectivity index (χ1) is 9.13. The molecule has 0 amide bonds. The number of hydrogen-bond acceptors (Lipinski definition) is 1. The molecular weight excluding hydrogens is 276 g/mol. The van der Waals surface area contributed by atoms with E-state index in [1.165, 1.54) is 11.1 Å². The van der Waals surface area contributed by atoms with E-state index in [0.29, 0.717) is 5.02 Å². The van der Waals surface area contributed by atoms with Crippen LogP contribution in [0.2, 0.25) is 5.02 Å². The molecule has 1 heterocycles. The van der Waals surface area contributed by atoms with E-state index in [2.05, 4.69) is 40.7 Å². The van der Waals surface area contributed by atoms with Gasteiger partial charge in [0.25, 0.3) is 0 Å². The van der Waals surface area contributed by atoms with Gasteiger partial charge in [0.2, 0.25) is 0 Å². The molecule has 0 atom stereocenters. The zero-order valence-electron chi connectivity index (χ0n) is 10.5. The fourth-order valence-corrected chi connectivity index (χ4v) is 2.61. The summed E-state index contributed by atoms with van der Waals surface area (Å²) in [5.74, 6) is 0. The molecular formula is C15H13ClN2S. The van der Waals surface area contributed by atoms with Gasteiger partial charge in [-0.15, -0.1) is 0 Å². The number of fused-ring (bicyclic) bond motifs is 1. The van der Waals surface area contributed by atoms with Gasteiger partial charge in [0.05, 0.1) is 17.6 Å². The van der Waals surface area contributed by atoms with Gasteiger partial charge in [-0.2, -0.15) is 0 Å². The van der Waals surface area contributed by atoms with Crippen molar-refractivity contribution in [3.63, 3.8) is 0 Å². The quantitative estimate of drug-likeness (QED) is 0.677. The molecule has 0 saturated carbocycles. The van der Waals surface area contributed by atoms with Crippen LogP contribution in [0.15, 0.2) is 42.5 Å². The average Bonchev–Trinajstić information content (AvgIpc) is 2.68. The molecule has 0 aliphatic rings. The molecule has 0 unspecified atom stereocenters. The largest absolute Gasteiger partial charge is 0.331 e. The van der Waals surface area contributed by atoms with Crippen molar-refractivity contribution >= 4 is 34.9 Å². The highest BCUT2D eigenvalue weighted by Crippen LogP contribution is 2.20. The monoisotopic (exact) mass is 288 g/mol. The molecule has 96 valence electrons. The van der Waals surface area contributed by atoms with Crippen molar-refractivity contribution in [3.8, 4) is 0 Å². The smallest absolute Gasteiger partial charge is 0.178 e. The predicted octanol–water partition coefficient (Wildman–Crippen LogP) is 4.71. The third kappa shape index (κ3) is 2.44. The molecule has 0 fully saturated rings. The SMILES string of the molecule is Cc1ccc(Cn2c(=S)[nH]c3cc(Cl)ccc32)cc1. The lowest BCUT2D eigenvalue weighted by molar-refractivity contribution is 0.810. The third-order valence-corrected chi connectivity index (χ3v) is 3.75. The Bertz CT molecular complexity index is 784. The lowest BCUT2D eigenvalue weighted by Crippen LogP contribution is -1.99. The Kier molecular flexibility index (Phi) is 3.17. The van der Waals surface area contributed by atoms with E-state index in [0.717, 1.165) is 22.3 Å². The molecule has 0 saturated heterocycles. The normalized spacial score (nSPS) is 11.1. The Labute approximate surface area is 121 Å². The summed E-state index contributed by atoms with van der Waals surface area (Å²) in [5.41, 5.74) is 4.55. The number of imidazole rings is 1. The summed E-state index contributed by atoms with van der Waals surface area (Å²) in [6.45, 7) is 2.85. The van der Waals surface area contributed by atoms with Crippen molar-refractivity contribution in [2.75, 3.05) is 0 Å². The fraction of sp³-hybridized carbons (Fsp3) is 0.133. The van der Waals surface area contributed by atoms with Crippen LogP contribution in [0, 0.1) is 11.7 Å². The number of aryl methyl sites for hydroxylation is 1. The molecule has 3 aromatic rings. The summed E-state index contributed by atoms with van der Waals surface area (Å²) in [6, 6.07) is 14.3. The number of hydrogen-bond donors (Lipinski definition) is 1. The standard InChI is InChI=1S/C15H13ClN2S/c1-10-2-4-11(5-3-10)9-18-14-7-6-12(16)8-13(14)17-15(18)19/h2-8H,9H2,1H3,(H,17,19). The Morgan fingerprint density at radius 3 is 2.63 bits per heavy atom. The van der Waals surface area contributed by atoms with Crippen molar-refractivity contribution in [2.45, 2.75) is 13.5 Å². The highest BCUT2D eigenvalue weighted by atomic mass is 35.5. The van der Waals surface area contributed by atoms with E-state index in [4.69, 9.17) is 23.8 Å². The van der Waals surface area contributed by atoms with Gasteiger partial charge >= 0.3 is 0 Å². The number of nitrogens with zero attached hydrogens (tertiary/aromatic N) is 1. The number of benzene rings is 2. The van der Waals surface area contributed by atoms with Crippen molar-refractivity contribution in [3.05, 3.63) is 63.4 Å². The second-order valence-corrected chi connectivity index (χ2v) is 5.49. The van der Waals surface area contributed by atoms with Gasteiger partial charge in [-0.1, -0.05) is 41.4 Å². The van der Waals surface area contributed by atoms with Crippen LogP contribution in [0.25, 0.3) is 11.0 Å². The number of halogens is 1. The minimum Gasteiger partial charge on any atom is -0.331 e. The van der Waals surface area contributed by atoms with Gasteiger partial charge in [0, 0.05) is 5.02 Å². The lowest BCUT2D eigenvalue weighted by Gasteiger charge is -2.05. The van der Waals surface area contributed by atoms with Crippen molar-refractivity contribution in [2.24, 2.45) is 0 Å². The first-order valence-electron chi connectivity index (χ1n) is 6.07. The molecule has 0 aliphatic heterocycles. The maximum atomic E-state index is 5.99. The van der Waals surface area contributed by atoms with Gasteiger partial charge in [0.15, 0.2) is 4.77 Å². The minimum atomic E-state index is 0.714. The molecule has 2 nitrogen and oxygen atoms in total. The van der Waals surface area contributed by atoms with Crippen LogP contribution in [0.4, 0.5) is 0 Å². The molecule has 0 bridgehead atoms. The first kappa shape index (κ1) is 12.5. The van der Waals surface area contributed by atoms with Crippen LogP contribution < -0.4 is 0 Å². The minimum absolute atomic E-state index is 0.714. The maximum absolute atomic E-state index is 5.99. The van der Waals surface area contributed by atoms with Gasteiger partial charge in [-0.3, -0.25) is 0 Å². The Morgan fingerprint density at radius 2 is 1.89 bits per heavy atom. The summed E-state index contributed by atoms with van der Waals surface area (Å²) in [6.07, 6.45) is 0. The molecule has 0 aliphatic carbocycles. The van der Waals surface area contributed by atoms with Crippen molar-refractivity contribution < 1.29 is 0 Å². The average molecular weight is 289 g/mol. The molecule has 3 rings (SSSR count). The number of H-pyrrole nitrogens is 1. The fourth-order valence-electron chi connectivity index (χ4n) is 2.17. The third-order valence-electron chi connectivity index (χ3n) is 3.20. The second kappa shape index (κ2) is 4.83. The van der Waals surface area contributed by atoms with E-state index >= 15 is 0 Å². The summed E-state index contributed by atoms with van der Waals surface area (Å²) in [5, 5.41) is 0.714. The summed E-state index contributed by atoms with van der Waals surface area (Å²) in [4.78, 5) is 3.19. The van der Waals surface area contributed by atoms with Crippen molar-refractivity contribution in [1.82, 2.24) is 9.55 Å². The molecule has 4 heteroatoms.